The van der Waals surface area contributed by atoms with Crippen molar-refractivity contribution >= 4 is 21.6 Å². The van der Waals surface area contributed by atoms with Gasteiger partial charge in [-0.1, -0.05) is 39.0 Å². The molecule has 2 aromatic carbocycles. The highest BCUT2D eigenvalue weighted by molar-refractivity contribution is 7.92. The van der Waals surface area contributed by atoms with Crippen LogP contribution < -0.4 is 10.2 Å². The number of aryl methyl sites for hydroxylation is 1. The summed E-state index contributed by atoms with van der Waals surface area (Å²) in [5, 5.41) is 0. The monoisotopic (exact) mass is 376 g/mol. The number of benzene rings is 2. The van der Waals surface area contributed by atoms with Gasteiger partial charge in [-0.15, -0.1) is 0 Å². The standard InChI is InChI=1S/C19H24N2O4S/c1-13-9-10-15(19(2,3)4)12-17(13)26(23,24)21-16-8-6-7-14(11-16)18(22)20-25-5/h6-12,21H,1-5H3,(H,20,22). The molecule has 7 heteroatoms. The van der Waals surface area contributed by atoms with E-state index in [1.54, 1.807) is 37.3 Å². The summed E-state index contributed by atoms with van der Waals surface area (Å²) in [5.41, 5.74) is 4.19. The molecule has 0 saturated heterocycles. The zero-order valence-electron chi connectivity index (χ0n) is 15.6. The van der Waals surface area contributed by atoms with Crippen LogP contribution in [0.3, 0.4) is 0 Å². The van der Waals surface area contributed by atoms with Gasteiger partial charge in [-0.05, 0) is 47.7 Å². The van der Waals surface area contributed by atoms with Crippen LogP contribution in [0.15, 0.2) is 47.4 Å². The van der Waals surface area contributed by atoms with Crippen LogP contribution in [-0.4, -0.2) is 21.4 Å². The summed E-state index contributed by atoms with van der Waals surface area (Å²) >= 11 is 0. The molecule has 0 fully saturated rings. The third kappa shape index (κ3) is 4.62. The molecule has 140 valence electrons. The van der Waals surface area contributed by atoms with E-state index in [2.05, 4.69) is 15.0 Å². The third-order valence-corrected chi connectivity index (χ3v) is 5.44. The molecule has 0 saturated carbocycles. The Morgan fingerprint density at radius 1 is 1.08 bits per heavy atom. The van der Waals surface area contributed by atoms with Crippen LogP contribution in [0.1, 0.15) is 42.3 Å². The van der Waals surface area contributed by atoms with Gasteiger partial charge in [0.2, 0.25) is 0 Å². The molecule has 0 spiro atoms. The predicted molar refractivity (Wildman–Crippen MR) is 102 cm³/mol. The Hall–Kier alpha value is -2.38. The van der Waals surface area contributed by atoms with Crippen molar-refractivity contribution in [3.63, 3.8) is 0 Å². The maximum absolute atomic E-state index is 12.9. The molecule has 2 aromatic rings. The first-order chi connectivity index (χ1) is 12.0. The highest BCUT2D eigenvalue weighted by Gasteiger charge is 2.22. The summed E-state index contributed by atoms with van der Waals surface area (Å²) in [4.78, 5) is 16.6. The van der Waals surface area contributed by atoms with Crippen molar-refractivity contribution in [2.45, 2.75) is 38.0 Å². The molecule has 0 aliphatic rings. The Bertz CT molecular complexity index is 915. The van der Waals surface area contributed by atoms with Crippen molar-refractivity contribution in [3.8, 4) is 0 Å². The maximum atomic E-state index is 12.9. The normalized spacial score (nSPS) is 11.9. The maximum Gasteiger partial charge on any atom is 0.274 e. The third-order valence-electron chi connectivity index (χ3n) is 3.92. The molecular weight excluding hydrogens is 352 g/mol. The van der Waals surface area contributed by atoms with Crippen molar-refractivity contribution in [3.05, 3.63) is 59.2 Å². The zero-order chi connectivity index (χ0) is 19.5. The number of amides is 1. The minimum absolute atomic E-state index is 0.171. The molecule has 0 aliphatic heterocycles. The van der Waals surface area contributed by atoms with Gasteiger partial charge in [-0.3, -0.25) is 14.4 Å². The summed E-state index contributed by atoms with van der Waals surface area (Å²) in [6, 6.07) is 11.6. The van der Waals surface area contributed by atoms with Crippen molar-refractivity contribution < 1.29 is 18.0 Å². The number of rotatable bonds is 5. The molecule has 0 atom stereocenters. The van der Waals surface area contributed by atoms with E-state index in [9.17, 15) is 13.2 Å². The first kappa shape index (κ1) is 19.9. The molecule has 1 amide bonds. The highest BCUT2D eigenvalue weighted by atomic mass is 32.2. The second-order valence-electron chi connectivity index (χ2n) is 7.05. The summed E-state index contributed by atoms with van der Waals surface area (Å²) in [5.74, 6) is -0.459. The molecular formula is C19H24N2O4S. The van der Waals surface area contributed by atoms with Gasteiger partial charge in [0.25, 0.3) is 15.9 Å². The number of nitrogens with one attached hydrogen (secondary N) is 2. The van der Waals surface area contributed by atoms with Gasteiger partial charge < -0.3 is 0 Å². The number of hydroxylamine groups is 1. The Morgan fingerprint density at radius 2 is 1.77 bits per heavy atom. The van der Waals surface area contributed by atoms with Gasteiger partial charge >= 0.3 is 0 Å². The predicted octanol–water partition coefficient (Wildman–Crippen LogP) is 3.38. The fourth-order valence-electron chi connectivity index (χ4n) is 2.44. The van der Waals surface area contributed by atoms with E-state index in [-0.39, 0.29) is 15.9 Å². The number of carbonyl (C=O) groups excluding carboxylic acids is 1. The van der Waals surface area contributed by atoms with Gasteiger partial charge in [0.15, 0.2) is 0 Å². The molecule has 2 rings (SSSR count). The van der Waals surface area contributed by atoms with Crippen molar-refractivity contribution in [2.24, 2.45) is 0 Å². The van der Waals surface area contributed by atoms with Crippen LogP contribution in [0.4, 0.5) is 5.69 Å². The van der Waals surface area contributed by atoms with Crippen LogP contribution in [0.5, 0.6) is 0 Å². The van der Waals surface area contributed by atoms with Crippen LogP contribution in [-0.2, 0) is 20.3 Å². The van der Waals surface area contributed by atoms with E-state index < -0.39 is 15.9 Å². The molecule has 2 N–H and O–H groups in total. The number of anilines is 1. The topological polar surface area (TPSA) is 84.5 Å². The van der Waals surface area contributed by atoms with Crippen LogP contribution in [0.25, 0.3) is 0 Å². The van der Waals surface area contributed by atoms with Gasteiger partial charge in [0.1, 0.15) is 0 Å². The Kier molecular flexibility index (Phi) is 5.73. The smallest absolute Gasteiger partial charge is 0.274 e. The van der Waals surface area contributed by atoms with Gasteiger partial charge in [0.05, 0.1) is 12.0 Å². The Morgan fingerprint density at radius 3 is 2.38 bits per heavy atom. The van der Waals surface area contributed by atoms with E-state index in [4.69, 9.17) is 0 Å². The average Bonchev–Trinajstić information content (AvgIpc) is 2.54. The number of carbonyl (C=O) groups is 1. The van der Waals surface area contributed by atoms with E-state index >= 15 is 0 Å². The minimum atomic E-state index is -3.79. The lowest BCUT2D eigenvalue weighted by Gasteiger charge is -2.21. The summed E-state index contributed by atoms with van der Waals surface area (Å²) < 4.78 is 28.3. The fourth-order valence-corrected chi connectivity index (χ4v) is 3.76. The molecule has 0 heterocycles. The quantitative estimate of drug-likeness (QED) is 0.784. The van der Waals surface area contributed by atoms with Crippen molar-refractivity contribution in [2.75, 3.05) is 11.8 Å². The van der Waals surface area contributed by atoms with Gasteiger partial charge in [-0.25, -0.2) is 13.9 Å². The SMILES string of the molecule is CONC(=O)c1cccc(NS(=O)(=O)c2cc(C(C)(C)C)ccc2C)c1. The number of sulfonamides is 1. The van der Waals surface area contributed by atoms with E-state index in [0.29, 0.717) is 11.3 Å². The van der Waals surface area contributed by atoms with E-state index in [0.717, 1.165) is 5.56 Å². The molecule has 26 heavy (non-hydrogen) atoms. The first-order valence-corrected chi connectivity index (χ1v) is 9.60. The first-order valence-electron chi connectivity index (χ1n) is 8.12. The molecule has 0 aliphatic carbocycles. The summed E-state index contributed by atoms with van der Waals surface area (Å²) in [7, 11) is -2.47. The molecule has 0 radical (unpaired) electrons. The van der Waals surface area contributed by atoms with Crippen molar-refractivity contribution in [1.82, 2.24) is 5.48 Å². The van der Waals surface area contributed by atoms with Crippen LogP contribution in [0, 0.1) is 6.92 Å². The average molecular weight is 376 g/mol. The van der Waals surface area contributed by atoms with E-state index in [1.807, 2.05) is 26.8 Å². The highest BCUT2D eigenvalue weighted by Crippen LogP contribution is 2.27. The van der Waals surface area contributed by atoms with Gasteiger partial charge in [-0.2, -0.15) is 0 Å². The lowest BCUT2D eigenvalue weighted by atomic mass is 9.87. The number of hydrogen-bond acceptors (Lipinski definition) is 4. The fraction of sp³-hybridized carbons (Fsp3) is 0.316. The van der Waals surface area contributed by atoms with Crippen LogP contribution in [0.2, 0.25) is 0 Å². The lowest BCUT2D eigenvalue weighted by molar-refractivity contribution is 0.0537. The second kappa shape index (κ2) is 7.47. The molecule has 0 aromatic heterocycles. The summed E-state index contributed by atoms with van der Waals surface area (Å²) in [6.45, 7) is 7.83. The van der Waals surface area contributed by atoms with Crippen LogP contribution >= 0.6 is 0 Å². The van der Waals surface area contributed by atoms with Crippen molar-refractivity contribution in [1.29, 1.82) is 0 Å². The molecule has 0 unspecified atom stereocenters. The van der Waals surface area contributed by atoms with E-state index in [1.165, 1.54) is 13.2 Å². The van der Waals surface area contributed by atoms with Gasteiger partial charge in [0, 0.05) is 11.3 Å². The minimum Gasteiger partial charge on any atom is -0.280 e. The molecule has 0 bridgehead atoms. The zero-order valence-corrected chi connectivity index (χ0v) is 16.4. The second-order valence-corrected chi connectivity index (χ2v) is 8.70. The Labute approximate surface area is 154 Å². The largest absolute Gasteiger partial charge is 0.280 e. The summed E-state index contributed by atoms with van der Waals surface area (Å²) in [6.07, 6.45) is 0. The Balaban J connectivity index is 2.38. The molecule has 6 nitrogen and oxygen atoms in total. The number of hydrogen-bond donors (Lipinski definition) is 2. The lowest BCUT2D eigenvalue weighted by Crippen LogP contribution is -2.22.